The lowest BCUT2D eigenvalue weighted by molar-refractivity contribution is 0.123. The number of carbonyl (C=O) groups excluding carboxylic acids is 2. The Balaban J connectivity index is 1.57. The predicted octanol–water partition coefficient (Wildman–Crippen LogP) is 7.00. The van der Waals surface area contributed by atoms with Crippen LogP contribution in [0.25, 0.3) is 4.91 Å². The molecule has 2 heterocycles. The van der Waals surface area contributed by atoms with E-state index in [1.807, 2.05) is 37.4 Å². The SMILES string of the molecule is CC[O+]=C=C1[C-](c2cccc(C3=C([C-]=[O+]CC)C4C=CC=CC=C4S3)c2)SC2=CC=CC=CC12. The van der Waals surface area contributed by atoms with Crippen molar-refractivity contribution in [1.82, 2.24) is 0 Å². The average Bonchev–Trinajstić information content (AvgIpc) is 3.15. The summed E-state index contributed by atoms with van der Waals surface area (Å²) in [6, 6.07) is 8.78. The van der Waals surface area contributed by atoms with Gasteiger partial charge in [0.15, 0.2) is 0 Å². The van der Waals surface area contributed by atoms with Crippen LogP contribution in [0.3, 0.4) is 0 Å². The molecule has 0 radical (unpaired) electrons. The molecular formula is C30H26O2S2. The number of fused-ring (bicyclic) bond motifs is 2. The molecule has 170 valence electrons. The predicted molar refractivity (Wildman–Crippen MR) is 147 cm³/mol. The van der Waals surface area contributed by atoms with Crippen LogP contribution in [0.15, 0.2) is 106 Å². The highest BCUT2D eigenvalue weighted by atomic mass is 32.2. The van der Waals surface area contributed by atoms with E-state index in [0.29, 0.717) is 13.2 Å². The van der Waals surface area contributed by atoms with Gasteiger partial charge in [0.25, 0.3) is 6.61 Å². The third-order valence-electron chi connectivity index (χ3n) is 5.78. The summed E-state index contributed by atoms with van der Waals surface area (Å²) in [5.74, 6) is 3.59. The van der Waals surface area contributed by atoms with E-state index in [-0.39, 0.29) is 11.8 Å². The fourth-order valence-electron chi connectivity index (χ4n) is 4.23. The molecule has 2 aliphatic carbocycles. The minimum absolute atomic E-state index is 0.175. The zero-order chi connectivity index (χ0) is 23.3. The van der Waals surface area contributed by atoms with Crippen LogP contribution in [0.2, 0.25) is 0 Å². The molecule has 2 nitrogen and oxygen atoms in total. The van der Waals surface area contributed by atoms with Gasteiger partial charge in [-0.3, -0.25) is 4.42 Å². The Morgan fingerprint density at radius 2 is 1.74 bits per heavy atom. The fraction of sp³-hybridized carbons (Fsp3) is 0.200. The monoisotopic (exact) mass is 482 g/mol. The van der Waals surface area contributed by atoms with Crippen molar-refractivity contribution >= 4 is 40.7 Å². The van der Waals surface area contributed by atoms with Crippen molar-refractivity contribution in [3.8, 4) is 0 Å². The molecule has 0 bridgehead atoms. The van der Waals surface area contributed by atoms with Crippen molar-refractivity contribution in [2.24, 2.45) is 11.8 Å². The topological polar surface area (TPSA) is 22.6 Å². The minimum atomic E-state index is 0.175. The largest absolute Gasteiger partial charge is 0.352 e. The number of rotatable bonds is 5. The van der Waals surface area contributed by atoms with Crippen LogP contribution in [0.1, 0.15) is 25.0 Å². The number of thioether (sulfide) groups is 2. The van der Waals surface area contributed by atoms with E-state index in [9.17, 15) is 0 Å². The van der Waals surface area contributed by atoms with Crippen molar-refractivity contribution in [2.45, 2.75) is 13.8 Å². The molecule has 1 aromatic rings. The molecule has 1 fully saturated rings. The average molecular weight is 483 g/mol. The van der Waals surface area contributed by atoms with Gasteiger partial charge in [-0.25, -0.2) is 0 Å². The first-order chi connectivity index (χ1) is 16.8. The van der Waals surface area contributed by atoms with E-state index in [4.69, 9.17) is 8.85 Å². The molecule has 0 saturated carbocycles. The van der Waals surface area contributed by atoms with Gasteiger partial charge in [0, 0.05) is 31.3 Å². The van der Waals surface area contributed by atoms with E-state index in [1.165, 1.54) is 31.1 Å². The third kappa shape index (κ3) is 4.54. The summed E-state index contributed by atoms with van der Waals surface area (Å²) in [6.45, 7) is 5.19. The van der Waals surface area contributed by atoms with Gasteiger partial charge in [-0.05, 0) is 9.81 Å². The van der Waals surface area contributed by atoms with Gasteiger partial charge in [0.1, 0.15) is 0 Å². The van der Waals surface area contributed by atoms with Crippen LogP contribution in [0.4, 0.5) is 0 Å². The first-order valence-electron chi connectivity index (χ1n) is 11.6. The summed E-state index contributed by atoms with van der Waals surface area (Å²) >= 11 is 3.62. The molecule has 0 spiro atoms. The molecule has 4 heteroatoms. The zero-order valence-corrected chi connectivity index (χ0v) is 20.9. The first kappa shape index (κ1) is 22.9. The van der Waals surface area contributed by atoms with Crippen LogP contribution >= 0.6 is 23.5 Å². The summed E-state index contributed by atoms with van der Waals surface area (Å²) in [4.78, 5) is 3.79. The van der Waals surface area contributed by atoms with Gasteiger partial charge in [-0.1, -0.05) is 77.6 Å². The Morgan fingerprint density at radius 1 is 0.941 bits per heavy atom. The van der Waals surface area contributed by atoms with Crippen LogP contribution in [-0.4, -0.2) is 25.4 Å². The molecule has 0 aromatic heterocycles. The van der Waals surface area contributed by atoms with Crippen molar-refractivity contribution in [1.29, 1.82) is 0 Å². The van der Waals surface area contributed by atoms with E-state index in [2.05, 4.69) is 97.3 Å². The van der Waals surface area contributed by atoms with Gasteiger partial charge in [0.05, 0.1) is 0 Å². The van der Waals surface area contributed by atoms with Crippen molar-refractivity contribution in [3.63, 3.8) is 0 Å². The Morgan fingerprint density at radius 3 is 2.53 bits per heavy atom. The molecule has 5 rings (SSSR count). The normalized spacial score (nSPS) is 23.0. The summed E-state index contributed by atoms with van der Waals surface area (Å²) in [5.41, 5.74) is 4.54. The van der Waals surface area contributed by atoms with E-state index >= 15 is 0 Å². The molecule has 4 aliphatic rings. The number of hydrogen-bond acceptors (Lipinski definition) is 2. The quantitative estimate of drug-likeness (QED) is 0.256. The molecule has 2 aliphatic heterocycles. The second-order valence-corrected chi connectivity index (χ2v) is 10.1. The molecule has 0 amide bonds. The van der Waals surface area contributed by atoms with Crippen molar-refractivity contribution in [2.75, 3.05) is 13.2 Å². The highest BCUT2D eigenvalue weighted by Gasteiger charge is 2.33. The van der Waals surface area contributed by atoms with Crippen LogP contribution in [0, 0.1) is 17.1 Å². The molecule has 1 aromatic carbocycles. The highest BCUT2D eigenvalue weighted by molar-refractivity contribution is 8.12. The second kappa shape index (κ2) is 10.6. The Bertz CT molecular complexity index is 1280. The van der Waals surface area contributed by atoms with E-state index < -0.39 is 0 Å². The van der Waals surface area contributed by atoms with E-state index in [1.54, 1.807) is 0 Å². The highest BCUT2D eigenvalue weighted by Crippen LogP contribution is 2.55. The molecule has 2 atom stereocenters. The molecular weight excluding hydrogens is 456 g/mol. The van der Waals surface area contributed by atoms with Gasteiger partial charge in [-0.2, -0.15) is 11.8 Å². The maximum absolute atomic E-state index is 5.66. The smallest absolute Gasteiger partial charge is 0.261 e. The number of hydrogen-bond donors (Lipinski definition) is 0. The maximum atomic E-state index is 5.66. The molecule has 34 heavy (non-hydrogen) atoms. The van der Waals surface area contributed by atoms with Gasteiger partial charge in [-0.15, -0.1) is 46.0 Å². The lowest BCUT2D eigenvalue weighted by Gasteiger charge is -2.21. The van der Waals surface area contributed by atoms with Crippen LogP contribution < -0.4 is 0 Å². The Hall–Kier alpha value is -2.91. The third-order valence-corrected chi connectivity index (χ3v) is 8.35. The lowest BCUT2D eigenvalue weighted by Crippen LogP contribution is -2.03. The maximum Gasteiger partial charge on any atom is 0.261 e. The standard InChI is InChI=1S/C30H26O2S2/c1-3-31-19-25-23-14-7-5-9-16-27(23)33-29(25)21-12-11-13-22(18-21)30-26(20-32-4-2)24-15-8-6-10-17-28(24)34-30/h5-18,23-24H,3-4H2,1-2H3. The molecule has 2 unspecified atom stereocenters. The second-order valence-electron chi connectivity index (χ2n) is 7.97. The van der Waals surface area contributed by atoms with Crippen LogP contribution in [-0.2, 0) is 8.85 Å². The zero-order valence-electron chi connectivity index (χ0n) is 19.3. The van der Waals surface area contributed by atoms with Crippen molar-refractivity contribution < 1.29 is 8.85 Å². The molecule has 0 N–H and O–H groups in total. The summed E-state index contributed by atoms with van der Waals surface area (Å²) < 4.78 is 11.3. The van der Waals surface area contributed by atoms with E-state index in [0.717, 1.165) is 11.1 Å². The number of benzene rings is 1. The van der Waals surface area contributed by atoms with Crippen LogP contribution in [0.5, 0.6) is 0 Å². The van der Waals surface area contributed by atoms with Crippen molar-refractivity contribution in [3.05, 3.63) is 122 Å². The molecule has 1 saturated heterocycles. The Labute approximate surface area is 210 Å². The fourth-order valence-corrected chi connectivity index (χ4v) is 6.68. The summed E-state index contributed by atoms with van der Waals surface area (Å²) in [5, 5.41) is 1.20. The minimum Gasteiger partial charge on any atom is -0.352 e. The van der Waals surface area contributed by atoms with Gasteiger partial charge >= 0.3 is 0 Å². The van der Waals surface area contributed by atoms with Gasteiger partial charge in [0.2, 0.25) is 18.8 Å². The lowest BCUT2D eigenvalue weighted by atomic mass is 9.92. The summed E-state index contributed by atoms with van der Waals surface area (Å²) in [7, 11) is 0. The summed E-state index contributed by atoms with van der Waals surface area (Å²) in [6.07, 6.45) is 24.6. The number of allylic oxidation sites excluding steroid dienone is 13. The Kier molecular flexibility index (Phi) is 7.10. The van der Waals surface area contributed by atoms with Gasteiger partial charge < -0.3 is 4.42 Å². The first-order valence-corrected chi connectivity index (χ1v) is 13.2.